The molecule has 0 aliphatic heterocycles. The molecular weight excluding hydrogens is 243 g/mol. The molecule has 0 N–H and O–H groups in total. The highest BCUT2D eigenvalue weighted by atomic mass is 19.1. The van der Waals surface area contributed by atoms with E-state index in [4.69, 9.17) is 4.74 Å². The van der Waals surface area contributed by atoms with Crippen LogP contribution in [0.3, 0.4) is 0 Å². The average molecular weight is 256 g/mol. The summed E-state index contributed by atoms with van der Waals surface area (Å²) >= 11 is 0. The summed E-state index contributed by atoms with van der Waals surface area (Å²) in [5, 5.41) is 0. The van der Waals surface area contributed by atoms with E-state index >= 15 is 0 Å². The van der Waals surface area contributed by atoms with Crippen LogP contribution in [0.4, 0.5) is 4.39 Å². The Morgan fingerprint density at radius 1 is 1.26 bits per heavy atom. The Morgan fingerprint density at radius 2 is 2.16 bits per heavy atom. The number of methoxy groups -OCH3 is 1. The zero-order valence-corrected chi connectivity index (χ0v) is 10.5. The average Bonchev–Trinajstić information content (AvgIpc) is 2.79. The summed E-state index contributed by atoms with van der Waals surface area (Å²) in [4.78, 5) is 4.51. The van der Waals surface area contributed by atoms with Gasteiger partial charge in [-0.05, 0) is 23.8 Å². The molecule has 19 heavy (non-hydrogen) atoms. The van der Waals surface area contributed by atoms with Crippen LogP contribution in [0.5, 0.6) is 5.75 Å². The molecule has 0 unspecified atom stereocenters. The van der Waals surface area contributed by atoms with Gasteiger partial charge in [-0.2, -0.15) is 0 Å². The molecule has 0 bridgehead atoms. The second-order valence-electron chi connectivity index (χ2n) is 4.37. The number of rotatable bonds is 3. The third kappa shape index (κ3) is 2.42. The summed E-state index contributed by atoms with van der Waals surface area (Å²) < 4.78 is 20.2. The summed E-state index contributed by atoms with van der Waals surface area (Å²) in [6.45, 7) is 0. The first kappa shape index (κ1) is 11.7. The molecule has 3 rings (SSSR count). The lowest BCUT2D eigenvalue weighted by Crippen LogP contribution is -1.88. The van der Waals surface area contributed by atoms with Crippen LogP contribution in [-0.2, 0) is 6.42 Å². The minimum absolute atomic E-state index is 0.220. The number of ether oxygens (including phenoxy) is 1. The van der Waals surface area contributed by atoms with Crippen molar-refractivity contribution < 1.29 is 9.13 Å². The summed E-state index contributed by atoms with van der Waals surface area (Å²) in [5.74, 6) is 0.554. The normalized spacial score (nSPS) is 10.8. The predicted octanol–water partition coefficient (Wildman–Crippen LogP) is 3.07. The molecule has 1 aromatic carbocycles. The van der Waals surface area contributed by atoms with Crippen molar-refractivity contribution in [3.05, 3.63) is 65.9 Å². The highest BCUT2D eigenvalue weighted by Gasteiger charge is 2.04. The summed E-state index contributed by atoms with van der Waals surface area (Å²) in [6, 6.07) is 10.3. The number of hydrogen-bond donors (Lipinski definition) is 0. The second kappa shape index (κ2) is 4.72. The number of hydrogen-bond acceptors (Lipinski definition) is 2. The molecule has 0 saturated heterocycles. The molecule has 2 aromatic heterocycles. The molecule has 96 valence electrons. The Kier molecular flexibility index (Phi) is 2.91. The van der Waals surface area contributed by atoms with Gasteiger partial charge in [0.2, 0.25) is 0 Å². The number of benzene rings is 1. The maximum absolute atomic E-state index is 13.1. The largest absolute Gasteiger partial charge is 0.497 e. The number of halogens is 1. The summed E-state index contributed by atoms with van der Waals surface area (Å²) in [6.07, 6.45) is 4.46. The molecule has 0 atom stereocenters. The van der Waals surface area contributed by atoms with Crippen molar-refractivity contribution in [3.63, 3.8) is 0 Å². The van der Waals surface area contributed by atoms with E-state index in [1.165, 1.54) is 12.1 Å². The zero-order chi connectivity index (χ0) is 13.2. The van der Waals surface area contributed by atoms with E-state index in [-0.39, 0.29) is 5.82 Å². The lowest BCUT2D eigenvalue weighted by molar-refractivity contribution is 0.414. The molecule has 0 aliphatic carbocycles. The Morgan fingerprint density at radius 3 is 2.95 bits per heavy atom. The molecule has 0 amide bonds. The minimum Gasteiger partial charge on any atom is -0.497 e. The van der Waals surface area contributed by atoms with E-state index in [2.05, 4.69) is 4.98 Å². The monoisotopic (exact) mass is 256 g/mol. The number of imidazole rings is 1. The second-order valence-corrected chi connectivity index (χ2v) is 4.37. The summed E-state index contributed by atoms with van der Waals surface area (Å²) in [5.41, 5.74) is 2.64. The molecule has 0 radical (unpaired) electrons. The molecule has 4 heteroatoms. The first-order chi connectivity index (χ1) is 9.24. The highest BCUT2D eigenvalue weighted by molar-refractivity contribution is 5.46. The lowest BCUT2D eigenvalue weighted by Gasteiger charge is -1.98. The van der Waals surface area contributed by atoms with Gasteiger partial charge in [-0.15, -0.1) is 0 Å². The van der Waals surface area contributed by atoms with Gasteiger partial charge in [0.15, 0.2) is 0 Å². The van der Waals surface area contributed by atoms with Crippen molar-refractivity contribution in [2.24, 2.45) is 0 Å². The van der Waals surface area contributed by atoms with E-state index < -0.39 is 0 Å². The fraction of sp³-hybridized carbons (Fsp3) is 0.133. The zero-order valence-electron chi connectivity index (χ0n) is 10.5. The van der Waals surface area contributed by atoms with E-state index in [1.807, 2.05) is 35.0 Å². The standard InChI is InChI=1S/C15H13FN2O/c1-19-14-5-6-18-10-13(17-15(18)9-14)8-11-3-2-4-12(16)7-11/h2-7,9-10H,8H2,1H3. The van der Waals surface area contributed by atoms with Gasteiger partial charge in [-0.3, -0.25) is 0 Å². The van der Waals surface area contributed by atoms with E-state index in [1.54, 1.807) is 13.2 Å². The van der Waals surface area contributed by atoms with Crippen LogP contribution >= 0.6 is 0 Å². The van der Waals surface area contributed by atoms with Gasteiger partial charge in [0, 0.05) is 24.9 Å². The lowest BCUT2D eigenvalue weighted by atomic mass is 10.1. The molecule has 3 aromatic rings. The fourth-order valence-electron chi connectivity index (χ4n) is 2.08. The van der Waals surface area contributed by atoms with Crippen molar-refractivity contribution in [2.75, 3.05) is 7.11 Å². The van der Waals surface area contributed by atoms with Crippen LogP contribution in [0, 0.1) is 5.82 Å². The quantitative estimate of drug-likeness (QED) is 0.720. The van der Waals surface area contributed by atoms with Crippen molar-refractivity contribution in [1.29, 1.82) is 0 Å². The van der Waals surface area contributed by atoms with Crippen molar-refractivity contribution in [2.45, 2.75) is 6.42 Å². The topological polar surface area (TPSA) is 26.5 Å². The van der Waals surface area contributed by atoms with Gasteiger partial charge < -0.3 is 9.14 Å². The third-order valence-corrected chi connectivity index (χ3v) is 2.99. The molecule has 3 nitrogen and oxygen atoms in total. The number of fused-ring (bicyclic) bond motifs is 1. The number of nitrogens with zero attached hydrogens (tertiary/aromatic N) is 2. The third-order valence-electron chi connectivity index (χ3n) is 2.99. The summed E-state index contributed by atoms with van der Waals surface area (Å²) in [7, 11) is 1.63. The van der Waals surface area contributed by atoms with Crippen LogP contribution in [0.25, 0.3) is 5.65 Å². The van der Waals surface area contributed by atoms with Crippen LogP contribution in [-0.4, -0.2) is 16.5 Å². The minimum atomic E-state index is -0.220. The maximum Gasteiger partial charge on any atom is 0.140 e. The molecule has 0 spiro atoms. The molecule has 2 heterocycles. The Balaban J connectivity index is 1.93. The van der Waals surface area contributed by atoms with E-state index in [0.717, 1.165) is 22.7 Å². The molecule has 0 saturated carbocycles. The van der Waals surface area contributed by atoms with Gasteiger partial charge in [0.05, 0.1) is 12.8 Å². The Hall–Kier alpha value is -2.36. The van der Waals surface area contributed by atoms with Gasteiger partial charge in [0.1, 0.15) is 17.2 Å². The fourth-order valence-corrected chi connectivity index (χ4v) is 2.08. The van der Waals surface area contributed by atoms with E-state index in [9.17, 15) is 4.39 Å². The first-order valence-corrected chi connectivity index (χ1v) is 6.01. The molecule has 0 aliphatic rings. The molecular formula is C15H13FN2O. The van der Waals surface area contributed by atoms with Crippen LogP contribution in [0.2, 0.25) is 0 Å². The van der Waals surface area contributed by atoms with Gasteiger partial charge >= 0.3 is 0 Å². The van der Waals surface area contributed by atoms with Gasteiger partial charge in [-0.25, -0.2) is 9.37 Å². The Bertz CT molecular complexity index is 721. The SMILES string of the molecule is COc1ccn2cc(Cc3cccc(F)c3)nc2c1. The predicted molar refractivity (Wildman–Crippen MR) is 71.0 cm³/mol. The molecule has 0 fully saturated rings. The van der Waals surface area contributed by atoms with Crippen molar-refractivity contribution in [3.8, 4) is 5.75 Å². The number of aromatic nitrogens is 2. The van der Waals surface area contributed by atoms with Crippen LogP contribution in [0.15, 0.2) is 48.8 Å². The maximum atomic E-state index is 13.1. The van der Waals surface area contributed by atoms with Gasteiger partial charge in [0.25, 0.3) is 0 Å². The smallest absolute Gasteiger partial charge is 0.140 e. The van der Waals surface area contributed by atoms with Gasteiger partial charge in [-0.1, -0.05) is 12.1 Å². The van der Waals surface area contributed by atoms with Crippen LogP contribution < -0.4 is 4.74 Å². The van der Waals surface area contributed by atoms with Crippen molar-refractivity contribution >= 4 is 5.65 Å². The van der Waals surface area contributed by atoms with E-state index in [0.29, 0.717) is 6.42 Å². The Labute approximate surface area is 110 Å². The van der Waals surface area contributed by atoms with Crippen molar-refractivity contribution in [1.82, 2.24) is 9.38 Å². The van der Waals surface area contributed by atoms with Crippen LogP contribution in [0.1, 0.15) is 11.3 Å². The number of pyridine rings is 1. The highest BCUT2D eigenvalue weighted by Crippen LogP contribution is 2.16. The first-order valence-electron chi connectivity index (χ1n) is 6.01.